The fraction of sp³-hybridized carbons (Fsp3) is 0.133. The van der Waals surface area contributed by atoms with Crippen molar-refractivity contribution < 1.29 is 0 Å². The van der Waals surface area contributed by atoms with Crippen molar-refractivity contribution in [1.29, 1.82) is 0 Å². The number of benzene rings is 4. The molecule has 0 amide bonds. The van der Waals surface area contributed by atoms with Gasteiger partial charge in [-0.3, -0.25) is 0 Å². The average molecular weight is 499 g/mol. The summed E-state index contributed by atoms with van der Waals surface area (Å²) in [5, 5.41) is 9.08. The molecule has 4 heterocycles. The number of hydrogen-bond donors (Lipinski definition) is 2. The molecule has 6 nitrogen and oxygen atoms in total. The van der Waals surface area contributed by atoms with Crippen molar-refractivity contribution in [3.05, 3.63) is 72.0 Å². The zero-order valence-electron chi connectivity index (χ0n) is 20.5. The van der Waals surface area contributed by atoms with Crippen LogP contribution in [0.5, 0.6) is 0 Å². The Morgan fingerprint density at radius 3 is 2.35 bits per heavy atom. The van der Waals surface area contributed by atoms with E-state index in [1.165, 1.54) is 26.4 Å². The second-order valence-corrected chi connectivity index (χ2v) is 10.9. The lowest BCUT2D eigenvalue weighted by molar-refractivity contribution is 0.799. The van der Waals surface area contributed by atoms with Gasteiger partial charge in [-0.15, -0.1) is 11.3 Å². The van der Waals surface area contributed by atoms with E-state index < -0.39 is 0 Å². The van der Waals surface area contributed by atoms with Crippen molar-refractivity contribution in [2.75, 3.05) is 0 Å². The van der Waals surface area contributed by atoms with E-state index in [0.29, 0.717) is 5.92 Å². The van der Waals surface area contributed by atoms with Crippen molar-refractivity contribution in [3.8, 4) is 11.1 Å². The summed E-state index contributed by atoms with van der Waals surface area (Å²) in [5.41, 5.74) is 7.33. The molecule has 0 atom stereocenters. The summed E-state index contributed by atoms with van der Waals surface area (Å²) in [5.74, 6) is 2.26. The van der Waals surface area contributed by atoms with Crippen LogP contribution >= 0.6 is 11.3 Å². The van der Waals surface area contributed by atoms with Gasteiger partial charge < -0.3 is 9.97 Å². The predicted molar refractivity (Wildman–Crippen MR) is 153 cm³/mol. The normalized spacial score (nSPS) is 12.4. The maximum atomic E-state index is 4.96. The minimum atomic E-state index is 0.344. The Balaban J connectivity index is 1.41. The molecule has 0 bridgehead atoms. The van der Waals surface area contributed by atoms with Gasteiger partial charge in [0, 0.05) is 43.7 Å². The molecule has 4 aromatic carbocycles. The molecule has 0 saturated carbocycles. The summed E-state index contributed by atoms with van der Waals surface area (Å²) >= 11 is 1.78. The quantitative estimate of drug-likeness (QED) is 0.237. The number of aromatic nitrogens is 6. The Kier molecular flexibility index (Phi) is 4.12. The zero-order valence-corrected chi connectivity index (χ0v) is 21.4. The molecule has 2 N–H and O–H groups in total. The second-order valence-electron chi connectivity index (χ2n) is 10.0. The van der Waals surface area contributed by atoms with E-state index >= 15 is 0 Å². The SMILES string of the molecule is Cc1nc2c3ccc(-c4ccc5c(c4)c4sccc4c4nc(C(C)C)[nH]c54)cc3c3cncnc3c2[nH]1. The fourth-order valence-electron chi connectivity index (χ4n) is 5.63. The van der Waals surface area contributed by atoms with E-state index in [4.69, 9.17) is 9.97 Å². The molecule has 7 heteroatoms. The third-order valence-corrected chi connectivity index (χ3v) is 8.34. The van der Waals surface area contributed by atoms with E-state index in [1.807, 2.05) is 13.1 Å². The van der Waals surface area contributed by atoms with Crippen LogP contribution in [0, 0.1) is 6.92 Å². The van der Waals surface area contributed by atoms with Gasteiger partial charge in [-0.1, -0.05) is 38.1 Å². The minimum absolute atomic E-state index is 0.344. The first-order valence-electron chi connectivity index (χ1n) is 12.4. The summed E-state index contributed by atoms with van der Waals surface area (Å²) in [6.07, 6.45) is 3.51. The van der Waals surface area contributed by atoms with Gasteiger partial charge in [0.25, 0.3) is 0 Å². The van der Waals surface area contributed by atoms with Gasteiger partial charge in [0.05, 0.1) is 27.6 Å². The maximum Gasteiger partial charge on any atom is 0.116 e. The lowest BCUT2D eigenvalue weighted by Gasteiger charge is -2.10. The molecular weight excluding hydrogens is 476 g/mol. The van der Waals surface area contributed by atoms with Crippen LogP contribution in [0.2, 0.25) is 0 Å². The number of aromatic amines is 2. The molecule has 0 aliphatic rings. The lowest BCUT2D eigenvalue weighted by Crippen LogP contribution is -1.88. The van der Waals surface area contributed by atoms with E-state index in [9.17, 15) is 0 Å². The molecule has 0 aliphatic heterocycles. The monoisotopic (exact) mass is 498 g/mol. The van der Waals surface area contributed by atoms with Crippen molar-refractivity contribution in [1.82, 2.24) is 29.9 Å². The Morgan fingerprint density at radius 2 is 1.51 bits per heavy atom. The van der Waals surface area contributed by atoms with Gasteiger partial charge in [0.15, 0.2) is 0 Å². The van der Waals surface area contributed by atoms with Gasteiger partial charge in [-0.25, -0.2) is 19.9 Å². The van der Waals surface area contributed by atoms with Gasteiger partial charge >= 0.3 is 0 Å². The topological polar surface area (TPSA) is 83.1 Å². The summed E-state index contributed by atoms with van der Waals surface area (Å²) in [6, 6.07) is 15.6. The molecule has 8 aromatic rings. The highest BCUT2D eigenvalue weighted by Crippen LogP contribution is 2.40. The van der Waals surface area contributed by atoms with Crippen LogP contribution in [0.3, 0.4) is 0 Å². The van der Waals surface area contributed by atoms with Crippen molar-refractivity contribution in [3.63, 3.8) is 0 Å². The van der Waals surface area contributed by atoms with Gasteiger partial charge in [-0.2, -0.15) is 0 Å². The summed E-state index contributed by atoms with van der Waals surface area (Å²) in [4.78, 5) is 25.7. The molecule has 0 fully saturated rings. The first kappa shape index (κ1) is 20.8. The standard InChI is InChI=1S/C30H22N6S/c1-14(2)30-35-25-19-7-5-17(11-22(19)29-20(8-9-37-29)27(25)36-30)16-4-6-18-21(10-16)23-12-31-13-32-24(23)28-26(18)33-15(3)34-28/h4-14H,1-3H3,(H,33,34)(H,35,36). The van der Waals surface area contributed by atoms with Gasteiger partial charge in [-0.05, 0) is 47.0 Å². The minimum Gasteiger partial charge on any atom is -0.341 e. The lowest BCUT2D eigenvalue weighted by atomic mass is 9.96. The number of nitrogens with one attached hydrogen (secondary N) is 2. The number of thiophene rings is 1. The third-order valence-electron chi connectivity index (χ3n) is 7.39. The van der Waals surface area contributed by atoms with Gasteiger partial charge in [0.1, 0.15) is 18.0 Å². The fourth-order valence-corrected chi connectivity index (χ4v) is 6.55. The zero-order chi connectivity index (χ0) is 24.8. The third kappa shape index (κ3) is 2.86. The number of imidazole rings is 2. The smallest absolute Gasteiger partial charge is 0.116 e. The van der Waals surface area contributed by atoms with Crippen LogP contribution < -0.4 is 0 Å². The molecule has 0 radical (unpaired) electrons. The van der Waals surface area contributed by atoms with E-state index in [2.05, 4.69) is 81.6 Å². The highest BCUT2D eigenvalue weighted by molar-refractivity contribution is 7.18. The number of rotatable bonds is 2. The summed E-state index contributed by atoms with van der Waals surface area (Å²) in [6.45, 7) is 6.33. The Hall–Kier alpha value is -4.36. The van der Waals surface area contributed by atoms with Crippen molar-refractivity contribution in [2.45, 2.75) is 26.7 Å². The second kappa shape index (κ2) is 7.33. The molecule has 0 spiro atoms. The van der Waals surface area contributed by atoms with E-state index in [-0.39, 0.29) is 0 Å². The number of hydrogen-bond acceptors (Lipinski definition) is 5. The van der Waals surface area contributed by atoms with Crippen molar-refractivity contribution >= 4 is 75.9 Å². The summed E-state index contributed by atoms with van der Waals surface area (Å²) < 4.78 is 1.28. The Labute approximate surface area is 215 Å². The van der Waals surface area contributed by atoms with Crippen LogP contribution in [0.25, 0.3) is 75.7 Å². The molecule has 0 aliphatic carbocycles. The number of H-pyrrole nitrogens is 2. The van der Waals surface area contributed by atoms with Crippen LogP contribution in [-0.4, -0.2) is 29.9 Å². The molecular formula is C30H22N6S. The molecule has 8 rings (SSSR count). The van der Waals surface area contributed by atoms with Crippen LogP contribution in [0.1, 0.15) is 31.4 Å². The first-order chi connectivity index (χ1) is 18.1. The Morgan fingerprint density at radius 1 is 0.730 bits per heavy atom. The molecule has 37 heavy (non-hydrogen) atoms. The predicted octanol–water partition coefficient (Wildman–Crippen LogP) is 8.00. The van der Waals surface area contributed by atoms with Crippen molar-refractivity contribution in [2.24, 2.45) is 0 Å². The highest BCUT2D eigenvalue weighted by Gasteiger charge is 2.17. The van der Waals surface area contributed by atoms with E-state index in [0.717, 1.165) is 61.0 Å². The molecule has 4 aromatic heterocycles. The number of fused-ring (bicyclic) bond motifs is 12. The van der Waals surface area contributed by atoms with Crippen LogP contribution in [-0.2, 0) is 0 Å². The molecule has 0 unspecified atom stereocenters. The van der Waals surface area contributed by atoms with Gasteiger partial charge in [0.2, 0.25) is 0 Å². The van der Waals surface area contributed by atoms with Crippen LogP contribution in [0.4, 0.5) is 0 Å². The maximum absolute atomic E-state index is 4.96. The number of nitrogens with zero attached hydrogens (tertiary/aromatic N) is 4. The largest absolute Gasteiger partial charge is 0.341 e. The van der Waals surface area contributed by atoms with Crippen LogP contribution in [0.15, 0.2) is 60.4 Å². The number of aryl methyl sites for hydroxylation is 1. The first-order valence-corrected chi connectivity index (χ1v) is 13.3. The highest BCUT2D eigenvalue weighted by atomic mass is 32.1. The van der Waals surface area contributed by atoms with E-state index in [1.54, 1.807) is 17.7 Å². The molecule has 178 valence electrons. The molecule has 0 saturated heterocycles. The average Bonchev–Trinajstić information content (AvgIpc) is 3.66. The Bertz CT molecular complexity index is 2200. The summed E-state index contributed by atoms with van der Waals surface area (Å²) in [7, 11) is 0.